The van der Waals surface area contributed by atoms with Crippen LogP contribution in [0.5, 0.6) is 0 Å². The van der Waals surface area contributed by atoms with Crippen molar-refractivity contribution in [1.29, 1.82) is 5.41 Å². The fourth-order valence-electron chi connectivity index (χ4n) is 1.81. The normalized spacial score (nSPS) is 29.0. The maximum atomic E-state index is 7.73. The standard InChI is InChI=1S/C10H20N2O/c1-4-10(11)12-6-5-8(2)9(7-12)13-3/h8-9,11H,4-7H2,1-3H3. The molecular weight excluding hydrogens is 164 g/mol. The fraction of sp³-hybridized carbons (Fsp3) is 0.900. The van der Waals surface area contributed by atoms with Crippen molar-refractivity contribution < 1.29 is 4.74 Å². The van der Waals surface area contributed by atoms with Gasteiger partial charge in [-0.2, -0.15) is 0 Å². The number of rotatable bonds is 2. The van der Waals surface area contributed by atoms with Gasteiger partial charge < -0.3 is 9.64 Å². The van der Waals surface area contributed by atoms with Gasteiger partial charge in [-0.05, 0) is 12.3 Å². The van der Waals surface area contributed by atoms with Gasteiger partial charge in [0.2, 0.25) is 0 Å². The maximum absolute atomic E-state index is 7.73. The molecule has 0 aliphatic carbocycles. The van der Waals surface area contributed by atoms with Crippen molar-refractivity contribution in [3.8, 4) is 0 Å². The Balaban J connectivity index is 2.49. The first-order valence-corrected chi connectivity index (χ1v) is 5.04. The van der Waals surface area contributed by atoms with Crippen LogP contribution in [0.2, 0.25) is 0 Å². The summed E-state index contributed by atoms with van der Waals surface area (Å²) in [6, 6.07) is 0. The molecule has 0 spiro atoms. The van der Waals surface area contributed by atoms with E-state index in [1.54, 1.807) is 7.11 Å². The average Bonchev–Trinajstić information content (AvgIpc) is 2.17. The highest BCUT2D eigenvalue weighted by molar-refractivity contribution is 5.78. The van der Waals surface area contributed by atoms with E-state index in [4.69, 9.17) is 10.1 Å². The molecule has 0 amide bonds. The van der Waals surface area contributed by atoms with Gasteiger partial charge >= 0.3 is 0 Å². The maximum Gasteiger partial charge on any atom is 0.0955 e. The number of methoxy groups -OCH3 is 1. The predicted octanol–water partition coefficient (Wildman–Crippen LogP) is 1.73. The number of hydrogen-bond donors (Lipinski definition) is 1. The lowest BCUT2D eigenvalue weighted by Gasteiger charge is -2.37. The zero-order valence-electron chi connectivity index (χ0n) is 8.84. The summed E-state index contributed by atoms with van der Waals surface area (Å²) >= 11 is 0. The molecule has 1 N–H and O–H groups in total. The Morgan fingerprint density at radius 3 is 2.85 bits per heavy atom. The number of nitrogens with zero attached hydrogens (tertiary/aromatic N) is 1. The van der Waals surface area contributed by atoms with Gasteiger partial charge in [-0.15, -0.1) is 0 Å². The van der Waals surface area contributed by atoms with E-state index >= 15 is 0 Å². The van der Waals surface area contributed by atoms with E-state index in [0.717, 1.165) is 31.8 Å². The highest BCUT2D eigenvalue weighted by Crippen LogP contribution is 2.19. The zero-order chi connectivity index (χ0) is 9.84. The van der Waals surface area contributed by atoms with E-state index in [-0.39, 0.29) is 0 Å². The number of amidine groups is 1. The minimum Gasteiger partial charge on any atom is -0.379 e. The van der Waals surface area contributed by atoms with Crippen LogP contribution in [-0.4, -0.2) is 37.0 Å². The first-order chi connectivity index (χ1) is 6.19. The molecule has 0 saturated carbocycles. The van der Waals surface area contributed by atoms with Gasteiger partial charge in [-0.1, -0.05) is 13.8 Å². The van der Waals surface area contributed by atoms with Crippen LogP contribution in [0.3, 0.4) is 0 Å². The smallest absolute Gasteiger partial charge is 0.0955 e. The van der Waals surface area contributed by atoms with Gasteiger partial charge in [0.15, 0.2) is 0 Å². The molecule has 3 heteroatoms. The van der Waals surface area contributed by atoms with E-state index in [0.29, 0.717) is 12.0 Å². The van der Waals surface area contributed by atoms with Crippen LogP contribution in [0.15, 0.2) is 0 Å². The van der Waals surface area contributed by atoms with E-state index in [1.807, 2.05) is 6.92 Å². The van der Waals surface area contributed by atoms with Crippen LogP contribution in [-0.2, 0) is 4.74 Å². The van der Waals surface area contributed by atoms with Crippen molar-refractivity contribution >= 4 is 5.84 Å². The van der Waals surface area contributed by atoms with E-state index < -0.39 is 0 Å². The number of hydrogen-bond acceptors (Lipinski definition) is 2. The van der Waals surface area contributed by atoms with Crippen molar-refractivity contribution in [1.82, 2.24) is 4.90 Å². The minimum absolute atomic E-state index is 0.306. The Morgan fingerprint density at radius 1 is 1.62 bits per heavy atom. The summed E-state index contributed by atoms with van der Waals surface area (Å²) in [5.41, 5.74) is 0. The Kier molecular flexibility index (Phi) is 3.72. The molecule has 1 fully saturated rings. The lowest BCUT2D eigenvalue weighted by Crippen LogP contribution is -2.46. The molecule has 1 rings (SSSR count). The molecule has 2 unspecified atom stereocenters. The molecule has 1 aliphatic heterocycles. The van der Waals surface area contributed by atoms with Crippen molar-refractivity contribution in [3.63, 3.8) is 0 Å². The summed E-state index contributed by atoms with van der Waals surface area (Å²) in [5, 5.41) is 7.73. The van der Waals surface area contributed by atoms with Gasteiger partial charge in [-0.25, -0.2) is 0 Å². The Morgan fingerprint density at radius 2 is 2.31 bits per heavy atom. The Bertz CT molecular complexity index is 182. The van der Waals surface area contributed by atoms with E-state index in [1.165, 1.54) is 0 Å². The van der Waals surface area contributed by atoms with Crippen LogP contribution < -0.4 is 0 Å². The first-order valence-electron chi connectivity index (χ1n) is 5.04. The molecule has 1 heterocycles. The van der Waals surface area contributed by atoms with Crippen molar-refractivity contribution in [2.45, 2.75) is 32.8 Å². The second-order valence-electron chi connectivity index (χ2n) is 3.79. The number of nitrogens with one attached hydrogen (secondary N) is 1. The van der Waals surface area contributed by atoms with Gasteiger partial charge in [0.25, 0.3) is 0 Å². The second-order valence-corrected chi connectivity index (χ2v) is 3.79. The average molecular weight is 184 g/mol. The van der Waals surface area contributed by atoms with Crippen LogP contribution >= 0.6 is 0 Å². The van der Waals surface area contributed by atoms with Crippen molar-refractivity contribution in [3.05, 3.63) is 0 Å². The van der Waals surface area contributed by atoms with Crippen LogP contribution in [0.25, 0.3) is 0 Å². The summed E-state index contributed by atoms with van der Waals surface area (Å²) in [7, 11) is 1.76. The van der Waals surface area contributed by atoms with Crippen LogP contribution in [0.4, 0.5) is 0 Å². The van der Waals surface area contributed by atoms with Crippen molar-refractivity contribution in [2.24, 2.45) is 5.92 Å². The first kappa shape index (κ1) is 10.5. The summed E-state index contributed by atoms with van der Waals surface area (Å²) in [6.07, 6.45) is 2.27. The summed E-state index contributed by atoms with van der Waals surface area (Å²) in [5.74, 6) is 1.37. The third-order valence-electron chi connectivity index (χ3n) is 2.91. The minimum atomic E-state index is 0.306. The topological polar surface area (TPSA) is 36.3 Å². The highest BCUT2D eigenvalue weighted by Gasteiger charge is 2.26. The van der Waals surface area contributed by atoms with Gasteiger partial charge in [0.05, 0.1) is 11.9 Å². The third-order valence-corrected chi connectivity index (χ3v) is 2.91. The fourth-order valence-corrected chi connectivity index (χ4v) is 1.81. The van der Waals surface area contributed by atoms with Crippen LogP contribution in [0.1, 0.15) is 26.7 Å². The highest BCUT2D eigenvalue weighted by atomic mass is 16.5. The Hall–Kier alpha value is -0.570. The van der Waals surface area contributed by atoms with Gasteiger partial charge in [0.1, 0.15) is 0 Å². The number of likely N-dealkylation sites (tertiary alicyclic amines) is 1. The number of ether oxygens (including phenoxy) is 1. The molecule has 0 bridgehead atoms. The molecule has 0 aromatic heterocycles. The molecule has 3 nitrogen and oxygen atoms in total. The molecule has 13 heavy (non-hydrogen) atoms. The monoisotopic (exact) mass is 184 g/mol. The van der Waals surface area contributed by atoms with Crippen LogP contribution in [0, 0.1) is 11.3 Å². The quantitative estimate of drug-likeness (QED) is 0.524. The number of piperidine rings is 1. The predicted molar refractivity (Wildman–Crippen MR) is 54.2 cm³/mol. The summed E-state index contributed by atoms with van der Waals surface area (Å²) in [4.78, 5) is 2.13. The van der Waals surface area contributed by atoms with E-state index in [9.17, 15) is 0 Å². The van der Waals surface area contributed by atoms with Gasteiger partial charge in [0, 0.05) is 26.6 Å². The molecule has 0 radical (unpaired) electrons. The molecule has 1 aliphatic rings. The summed E-state index contributed by atoms with van der Waals surface area (Å²) < 4.78 is 5.39. The summed E-state index contributed by atoms with van der Waals surface area (Å²) in [6.45, 7) is 6.17. The molecule has 2 atom stereocenters. The molecule has 76 valence electrons. The SMILES string of the molecule is CCC(=N)N1CCC(C)C(OC)C1. The van der Waals surface area contributed by atoms with Gasteiger partial charge in [-0.3, -0.25) is 5.41 Å². The van der Waals surface area contributed by atoms with Crippen molar-refractivity contribution in [2.75, 3.05) is 20.2 Å². The zero-order valence-corrected chi connectivity index (χ0v) is 8.84. The molecule has 1 saturated heterocycles. The molecule has 0 aromatic carbocycles. The largest absolute Gasteiger partial charge is 0.379 e. The lowest BCUT2D eigenvalue weighted by molar-refractivity contribution is 0.0143. The third kappa shape index (κ3) is 2.44. The lowest BCUT2D eigenvalue weighted by atomic mass is 9.95. The Labute approximate surface area is 80.6 Å². The molecule has 0 aromatic rings. The molecular formula is C10H20N2O. The second kappa shape index (κ2) is 4.61. The van der Waals surface area contributed by atoms with E-state index in [2.05, 4.69) is 11.8 Å².